The van der Waals surface area contributed by atoms with Gasteiger partial charge < -0.3 is 20.1 Å². The highest BCUT2D eigenvalue weighted by atomic mass is 16.5. The molecule has 0 saturated carbocycles. The minimum Gasteiger partial charge on any atom is -0.497 e. The molecule has 1 heterocycles. The number of H-pyrrole nitrogens is 1. The van der Waals surface area contributed by atoms with Gasteiger partial charge in [-0.15, -0.1) is 0 Å². The number of carbonyl (C=O) groups excluding carboxylic acids is 1. The molecule has 1 amide bonds. The molecule has 0 bridgehead atoms. The molecule has 0 radical (unpaired) electrons. The topological polar surface area (TPSA) is 120 Å². The summed E-state index contributed by atoms with van der Waals surface area (Å²) in [5, 5.41) is 0. The lowest BCUT2D eigenvalue weighted by Gasteiger charge is -2.24. The Kier molecular flexibility index (Phi) is 8.02. The number of nitrogen functional groups attached to an aromatic ring is 1. The molecule has 9 nitrogen and oxygen atoms in total. The van der Waals surface area contributed by atoms with E-state index >= 15 is 0 Å². The molecule has 0 unspecified atom stereocenters. The van der Waals surface area contributed by atoms with Crippen LogP contribution in [0.25, 0.3) is 0 Å². The molecule has 1 aromatic heterocycles. The first-order valence-corrected chi connectivity index (χ1v) is 9.47. The van der Waals surface area contributed by atoms with Gasteiger partial charge in [-0.1, -0.05) is 19.1 Å². The van der Waals surface area contributed by atoms with Crippen molar-refractivity contribution in [2.75, 3.05) is 38.0 Å². The van der Waals surface area contributed by atoms with E-state index in [2.05, 4.69) is 4.98 Å². The highest BCUT2D eigenvalue weighted by Gasteiger charge is 2.23. The maximum atomic E-state index is 13.0. The van der Waals surface area contributed by atoms with Crippen LogP contribution in [0.15, 0.2) is 33.9 Å². The van der Waals surface area contributed by atoms with E-state index in [1.54, 1.807) is 7.11 Å². The Hall–Kier alpha value is -3.07. The second-order valence-corrected chi connectivity index (χ2v) is 6.53. The van der Waals surface area contributed by atoms with Crippen molar-refractivity contribution in [1.29, 1.82) is 0 Å². The van der Waals surface area contributed by atoms with E-state index in [0.29, 0.717) is 19.4 Å². The van der Waals surface area contributed by atoms with E-state index in [4.69, 9.17) is 15.2 Å². The zero-order valence-corrected chi connectivity index (χ0v) is 17.1. The number of nitrogens with one attached hydrogen (secondary N) is 1. The van der Waals surface area contributed by atoms with Crippen LogP contribution in [0.5, 0.6) is 5.75 Å². The number of hydrogen-bond acceptors (Lipinski definition) is 6. The van der Waals surface area contributed by atoms with Gasteiger partial charge in [0.15, 0.2) is 5.69 Å². The first kappa shape index (κ1) is 22.2. The number of nitrogens with zero attached hydrogens (tertiary/aromatic N) is 2. The van der Waals surface area contributed by atoms with Crippen LogP contribution in [0.1, 0.15) is 25.3 Å². The maximum Gasteiger partial charge on any atom is 0.330 e. The van der Waals surface area contributed by atoms with E-state index in [9.17, 15) is 14.4 Å². The standard InChI is InChI=1S/C20H28N4O5/c1-4-11-24-18(21)17(19(26)22-20(24)27)23(12-13-28-2)16(25)10-7-14-5-8-15(29-3)9-6-14/h5-6,8-9H,4,7,10-13,21H2,1-3H3,(H,22,26,27). The fourth-order valence-electron chi connectivity index (χ4n) is 3.01. The van der Waals surface area contributed by atoms with E-state index in [1.807, 2.05) is 31.2 Å². The smallest absolute Gasteiger partial charge is 0.330 e. The minimum absolute atomic E-state index is 0.0187. The van der Waals surface area contributed by atoms with Crippen LogP contribution in [-0.4, -0.2) is 42.8 Å². The number of rotatable bonds is 10. The number of nitrogens with two attached hydrogens (primary N) is 1. The highest BCUT2D eigenvalue weighted by molar-refractivity contribution is 5.95. The molecule has 3 N–H and O–H groups in total. The number of aromatic amines is 1. The highest BCUT2D eigenvalue weighted by Crippen LogP contribution is 2.19. The quantitative estimate of drug-likeness (QED) is 0.613. The van der Waals surface area contributed by atoms with E-state index in [-0.39, 0.29) is 37.0 Å². The lowest BCUT2D eigenvalue weighted by atomic mass is 10.1. The van der Waals surface area contributed by atoms with Crippen molar-refractivity contribution < 1.29 is 14.3 Å². The summed E-state index contributed by atoms with van der Waals surface area (Å²) in [6, 6.07) is 7.42. The summed E-state index contributed by atoms with van der Waals surface area (Å²) in [7, 11) is 3.09. The molecule has 2 aromatic rings. The Bertz CT molecular complexity index is 933. The van der Waals surface area contributed by atoms with E-state index in [1.165, 1.54) is 16.6 Å². The first-order valence-electron chi connectivity index (χ1n) is 9.47. The minimum atomic E-state index is -0.686. The Balaban J connectivity index is 2.30. The van der Waals surface area contributed by atoms with Crippen molar-refractivity contribution in [2.24, 2.45) is 0 Å². The third-order valence-electron chi connectivity index (χ3n) is 4.54. The molecule has 2 rings (SSSR count). The van der Waals surface area contributed by atoms with Crippen LogP contribution in [0.4, 0.5) is 11.5 Å². The third-order valence-corrected chi connectivity index (χ3v) is 4.54. The average molecular weight is 404 g/mol. The molecule has 0 saturated heterocycles. The lowest BCUT2D eigenvalue weighted by Crippen LogP contribution is -2.42. The number of anilines is 2. The van der Waals surface area contributed by atoms with Crippen LogP contribution < -0.4 is 26.6 Å². The molecule has 9 heteroatoms. The number of aryl methyl sites for hydroxylation is 1. The van der Waals surface area contributed by atoms with Gasteiger partial charge >= 0.3 is 5.69 Å². The normalized spacial score (nSPS) is 10.7. The second-order valence-electron chi connectivity index (χ2n) is 6.53. The molecule has 0 aliphatic heterocycles. The molecule has 1 aromatic carbocycles. The van der Waals surface area contributed by atoms with Gasteiger partial charge in [0.05, 0.1) is 13.7 Å². The monoisotopic (exact) mass is 404 g/mol. The Morgan fingerprint density at radius 3 is 2.48 bits per heavy atom. The van der Waals surface area contributed by atoms with Gasteiger partial charge in [0, 0.05) is 26.6 Å². The molecular formula is C20H28N4O5. The molecule has 0 atom stereocenters. The molecule has 0 spiro atoms. The predicted molar refractivity (Wildman–Crippen MR) is 112 cm³/mol. The number of amides is 1. The first-order chi connectivity index (χ1) is 13.9. The van der Waals surface area contributed by atoms with Gasteiger partial charge in [-0.25, -0.2) is 4.79 Å². The van der Waals surface area contributed by atoms with Crippen LogP contribution in [-0.2, 0) is 22.5 Å². The number of carbonyl (C=O) groups is 1. The van der Waals surface area contributed by atoms with Crippen molar-refractivity contribution in [3.63, 3.8) is 0 Å². The largest absolute Gasteiger partial charge is 0.497 e. The summed E-state index contributed by atoms with van der Waals surface area (Å²) in [6.07, 6.45) is 1.31. The van der Waals surface area contributed by atoms with Crippen molar-refractivity contribution in [2.45, 2.75) is 32.7 Å². The predicted octanol–water partition coefficient (Wildman–Crippen LogP) is 1.15. The number of methoxy groups -OCH3 is 2. The summed E-state index contributed by atoms with van der Waals surface area (Å²) in [6.45, 7) is 2.60. The molecular weight excluding hydrogens is 376 g/mol. The number of aromatic nitrogens is 2. The van der Waals surface area contributed by atoms with Gasteiger partial charge in [-0.05, 0) is 30.5 Å². The number of benzene rings is 1. The fraction of sp³-hybridized carbons (Fsp3) is 0.450. The van der Waals surface area contributed by atoms with Crippen LogP contribution in [0.3, 0.4) is 0 Å². The molecule has 158 valence electrons. The van der Waals surface area contributed by atoms with E-state index < -0.39 is 11.2 Å². The zero-order valence-electron chi connectivity index (χ0n) is 17.1. The average Bonchev–Trinajstić information content (AvgIpc) is 2.71. The fourth-order valence-corrected chi connectivity index (χ4v) is 3.01. The van der Waals surface area contributed by atoms with Crippen molar-refractivity contribution in [3.05, 3.63) is 50.7 Å². The molecule has 29 heavy (non-hydrogen) atoms. The summed E-state index contributed by atoms with van der Waals surface area (Å²) >= 11 is 0. The number of ether oxygens (including phenoxy) is 2. The van der Waals surface area contributed by atoms with Crippen molar-refractivity contribution in [3.8, 4) is 5.75 Å². The summed E-state index contributed by atoms with van der Waals surface area (Å²) in [4.78, 5) is 41.0. The molecule has 0 aliphatic carbocycles. The van der Waals surface area contributed by atoms with Gasteiger partial charge in [0.1, 0.15) is 11.6 Å². The van der Waals surface area contributed by atoms with Gasteiger partial charge in [0.2, 0.25) is 5.91 Å². The lowest BCUT2D eigenvalue weighted by molar-refractivity contribution is -0.118. The van der Waals surface area contributed by atoms with Gasteiger partial charge in [-0.2, -0.15) is 0 Å². The summed E-state index contributed by atoms with van der Waals surface area (Å²) in [5.41, 5.74) is 5.78. The van der Waals surface area contributed by atoms with Crippen molar-refractivity contribution >= 4 is 17.4 Å². The third kappa shape index (κ3) is 5.47. The maximum absolute atomic E-state index is 13.0. The molecule has 0 fully saturated rings. The van der Waals surface area contributed by atoms with Crippen LogP contribution in [0.2, 0.25) is 0 Å². The zero-order chi connectivity index (χ0) is 21.4. The SMILES string of the molecule is CCCn1c(N)c(N(CCOC)C(=O)CCc2ccc(OC)cc2)c(=O)[nH]c1=O. The van der Waals surface area contributed by atoms with Crippen LogP contribution in [0, 0.1) is 0 Å². The summed E-state index contributed by atoms with van der Waals surface area (Å²) < 4.78 is 11.5. The Labute approximate surface area is 169 Å². The van der Waals surface area contributed by atoms with E-state index in [0.717, 1.165) is 11.3 Å². The number of hydrogen-bond donors (Lipinski definition) is 2. The second kappa shape index (κ2) is 10.5. The van der Waals surface area contributed by atoms with Crippen molar-refractivity contribution in [1.82, 2.24) is 9.55 Å². The van der Waals surface area contributed by atoms with Crippen LogP contribution >= 0.6 is 0 Å². The molecule has 0 aliphatic rings. The summed E-state index contributed by atoms with van der Waals surface area (Å²) in [5.74, 6) is 0.436. The van der Waals surface area contributed by atoms with Gasteiger partial charge in [-0.3, -0.25) is 19.1 Å². The van der Waals surface area contributed by atoms with Gasteiger partial charge in [0.25, 0.3) is 5.56 Å². The Morgan fingerprint density at radius 1 is 1.21 bits per heavy atom. The Morgan fingerprint density at radius 2 is 1.90 bits per heavy atom.